The van der Waals surface area contributed by atoms with Gasteiger partial charge in [-0.15, -0.1) is 0 Å². The summed E-state index contributed by atoms with van der Waals surface area (Å²) in [7, 11) is -3.70. The van der Waals surface area contributed by atoms with Gasteiger partial charge >= 0.3 is 0 Å². The molecule has 0 atom stereocenters. The average molecular weight is 289 g/mol. The van der Waals surface area contributed by atoms with Gasteiger partial charge in [0.15, 0.2) is 10.8 Å². The molecular formula is C15H15NO3S. The van der Waals surface area contributed by atoms with Gasteiger partial charge in [-0.2, -0.15) is 0 Å². The molecule has 1 heterocycles. The number of aromatic nitrogens is 1. The SMILES string of the molecule is Cc1ccc(C(=O)CS(=O)(=O)c2ccccn2)c(C)c1. The van der Waals surface area contributed by atoms with Crippen LogP contribution >= 0.6 is 0 Å². The number of rotatable bonds is 4. The quantitative estimate of drug-likeness (QED) is 0.810. The van der Waals surface area contributed by atoms with E-state index in [9.17, 15) is 13.2 Å². The molecule has 104 valence electrons. The second-order valence-electron chi connectivity index (χ2n) is 4.67. The zero-order valence-corrected chi connectivity index (χ0v) is 12.1. The lowest BCUT2D eigenvalue weighted by Crippen LogP contribution is -2.18. The third-order valence-corrected chi connectivity index (χ3v) is 4.48. The first kappa shape index (κ1) is 14.4. The molecule has 0 fully saturated rings. The van der Waals surface area contributed by atoms with Crippen molar-refractivity contribution >= 4 is 15.6 Å². The van der Waals surface area contributed by atoms with Gasteiger partial charge in [0.05, 0.1) is 0 Å². The van der Waals surface area contributed by atoms with Crippen LogP contribution in [0.4, 0.5) is 0 Å². The number of aryl methyl sites for hydroxylation is 2. The van der Waals surface area contributed by atoms with Crippen molar-refractivity contribution in [2.75, 3.05) is 5.75 Å². The summed E-state index contributed by atoms with van der Waals surface area (Å²) in [6, 6.07) is 9.94. The Bertz CT molecular complexity index is 737. The Kier molecular flexibility index (Phi) is 3.99. The molecule has 0 spiro atoms. The van der Waals surface area contributed by atoms with E-state index in [2.05, 4.69) is 4.98 Å². The molecule has 5 heteroatoms. The zero-order valence-electron chi connectivity index (χ0n) is 11.3. The van der Waals surface area contributed by atoms with Gasteiger partial charge in [0.2, 0.25) is 9.84 Å². The fourth-order valence-corrected chi connectivity index (χ4v) is 3.14. The van der Waals surface area contributed by atoms with E-state index in [4.69, 9.17) is 0 Å². The predicted molar refractivity (Wildman–Crippen MR) is 76.5 cm³/mol. The summed E-state index contributed by atoms with van der Waals surface area (Å²) in [5, 5.41) is -0.0712. The highest BCUT2D eigenvalue weighted by molar-refractivity contribution is 7.92. The van der Waals surface area contributed by atoms with E-state index >= 15 is 0 Å². The molecule has 1 aromatic carbocycles. The van der Waals surface area contributed by atoms with Crippen molar-refractivity contribution in [1.29, 1.82) is 0 Å². The number of pyridine rings is 1. The lowest BCUT2D eigenvalue weighted by Gasteiger charge is -2.06. The van der Waals surface area contributed by atoms with E-state index in [1.807, 2.05) is 13.0 Å². The Hall–Kier alpha value is -2.01. The third-order valence-electron chi connectivity index (χ3n) is 2.96. The maximum absolute atomic E-state index is 12.2. The number of hydrogen-bond donors (Lipinski definition) is 0. The van der Waals surface area contributed by atoms with Crippen molar-refractivity contribution in [1.82, 2.24) is 4.98 Å². The highest BCUT2D eigenvalue weighted by atomic mass is 32.2. The fraction of sp³-hybridized carbons (Fsp3) is 0.200. The molecular weight excluding hydrogens is 274 g/mol. The highest BCUT2D eigenvalue weighted by Gasteiger charge is 2.22. The first-order valence-electron chi connectivity index (χ1n) is 6.14. The number of carbonyl (C=O) groups excluding carboxylic acids is 1. The smallest absolute Gasteiger partial charge is 0.203 e. The van der Waals surface area contributed by atoms with E-state index in [-0.39, 0.29) is 5.03 Å². The molecule has 0 radical (unpaired) electrons. The van der Waals surface area contributed by atoms with Crippen LogP contribution in [-0.4, -0.2) is 24.9 Å². The van der Waals surface area contributed by atoms with Crippen LogP contribution in [0.15, 0.2) is 47.6 Å². The minimum Gasteiger partial charge on any atom is -0.293 e. The molecule has 0 unspecified atom stereocenters. The van der Waals surface area contributed by atoms with Crippen LogP contribution in [0, 0.1) is 13.8 Å². The van der Waals surface area contributed by atoms with Gasteiger partial charge in [0, 0.05) is 11.8 Å². The Morgan fingerprint density at radius 2 is 1.90 bits per heavy atom. The maximum atomic E-state index is 12.2. The fourth-order valence-electron chi connectivity index (χ4n) is 1.98. The molecule has 0 N–H and O–H groups in total. The summed E-state index contributed by atoms with van der Waals surface area (Å²) in [5.41, 5.74) is 2.26. The maximum Gasteiger partial charge on any atom is 0.203 e. The molecule has 0 aliphatic carbocycles. The Morgan fingerprint density at radius 3 is 2.50 bits per heavy atom. The van der Waals surface area contributed by atoms with E-state index in [1.54, 1.807) is 31.2 Å². The van der Waals surface area contributed by atoms with Gasteiger partial charge in [0.1, 0.15) is 5.75 Å². The van der Waals surface area contributed by atoms with E-state index in [0.717, 1.165) is 11.1 Å². The van der Waals surface area contributed by atoms with Crippen LogP contribution in [0.2, 0.25) is 0 Å². The predicted octanol–water partition coefficient (Wildman–Crippen LogP) is 2.36. The minimum absolute atomic E-state index is 0.0712. The van der Waals surface area contributed by atoms with Crippen molar-refractivity contribution in [2.24, 2.45) is 0 Å². The molecule has 0 amide bonds. The number of ketones is 1. The summed E-state index contributed by atoms with van der Waals surface area (Å²) in [5.74, 6) is -0.971. The Labute approximate surface area is 118 Å². The van der Waals surface area contributed by atoms with Gasteiger partial charge in [-0.1, -0.05) is 29.8 Å². The van der Waals surface area contributed by atoms with Crippen molar-refractivity contribution < 1.29 is 13.2 Å². The van der Waals surface area contributed by atoms with E-state index in [0.29, 0.717) is 5.56 Å². The van der Waals surface area contributed by atoms with Crippen LogP contribution in [0.25, 0.3) is 0 Å². The van der Waals surface area contributed by atoms with Crippen LogP contribution in [0.3, 0.4) is 0 Å². The number of sulfone groups is 1. The largest absolute Gasteiger partial charge is 0.293 e. The van der Waals surface area contributed by atoms with Gasteiger partial charge < -0.3 is 0 Å². The number of Topliss-reactive ketones (excluding diaryl/α,β-unsaturated/α-hetero) is 1. The number of benzene rings is 1. The van der Waals surface area contributed by atoms with E-state index in [1.165, 1.54) is 12.3 Å². The van der Waals surface area contributed by atoms with Gasteiger partial charge in [0.25, 0.3) is 0 Å². The molecule has 0 aliphatic heterocycles. The topological polar surface area (TPSA) is 64.1 Å². The first-order chi connectivity index (χ1) is 9.40. The summed E-state index contributed by atoms with van der Waals surface area (Å²) >= 11 is 0. The van der Waals surface area contributed by atoms with Gasteiger partial charge in [-0.3, -0.25) is 4.79 Å². The lowest BCUT2D eigenvalue weighted by atomic mass is 10.0. The minimum atomic E-state index is -3.70. The third kappa shape index (κ3) is 3.11. The standard InChI is InChI=1S/C15H15NO3S/c1-11-6-7-13(12(2)9-11)14(17)10-20(18,19)15-5-3-4-8-16-15/h3-9H,10H2,1-2H3. The normalized spacial score (nSPS) is 11.3. The average Bonchev–Trinajstić information content (AvgIpc) is 2.39. The lowest BCUT2D eigenvalue weighted by molar-refractivity contribution is 0.102. The van der Waals surface area contributed by atoms with Crippen molar-refractivity contribution in [3.05, 3.63) is 59.3 Å². The van der Waals surface area contributed by atoms with Crippen LogP contribution < -0.4 is 0 Å². The van der Waals surface area contributed by atoms with Crippen molar-refractivity contribution in [2.45, 2.75) is 18.9 Å². The van der Waals surface area contributed by atoms with Crippen LogP contribution in [0.5, 0.6) is 0 Å². The Balaban J connectivity index is 2.28. The van der Waals surface area contributed by atoms with E-state index < -0.39 is 21.4 Å². The molecule has 0 bridgehead atoms. The van der Waals surface area contributed by atoms with Crippen molar-refractivity contribution in [3.8, 4) is 0 Å². The van der Waals surface area contributed by atoms with Crippen LogP contribution in [-0.2, 0) is 9.84 Å². The van der Waals surface area contributed by atoms with Gasteiger partial charge in [-0.25, -0.2) is 13.4 Å². The molecule has 0 saturated heterocycles. The number of nitrogens with zero attached hydrogens (tertiary/aromatic N) is 1. The second-order valence-corrected chi connectivity index (χ2v) is 6.61. The molecule has 2 rings (SSSR count). The summed E-state index contributed by atoms with van der Waals surface area (Å²) < 4.78 is 24.2. The van der Waals surface area contributed by atoms with Crippen molar-refractivity contribution in [3.63, 3.8) is 0 Å². The first-order valence-corrected chi connectivity index (χ1v) is 7.79. The summed E-state index contributed by atoms with van der Waals surface area (Å²) in [4.78, 5) is 16.0. The summed E-state index contributed by atoms with van der Waals surface area (Å²) in [6.07, 6.45) is 1.40. The van der Waals surface area contributed by atoms with Gasteiger partial charge in [-0.05, 0) is 31.5 Å². The molecule has 0 aliphatic rings. The molecule has 1 aromatic heterocycles. The zero-order chi connectivity index (χ0) is 14.8. The molecule has 20 heavy (non-hydrogen) atoms. The highest BCUT2D eigenvalue weighted by Crippen LogP contribution is 2.14. The molecule has 2 aromatic rings. The Morgan fingerprint density at radius 1 is 1.15 bits per heavy atom. The number of carbonyl (C=O) groups is 1. The second kappa shape index (κ2) is 5.54. The molecule has 4 nitrogen and oxygen atoms in total. The monoisotopic (exact) mass is 289 g/mol. The van der Waals surface area contributed by atoms with Crippen LogP contribution in [0.1, 0.15) is 21.5 Å². The summed E-state index contributed by atoms with van der Waals surface area (Å²) in [6.45, 7) is 3.72. The molecule has 0 saturated carbocycles. The number of hydrogen-bond acceptors (Lipinski definition) is 4.